The molecule has 8 nitrogen and oxygen atoms in total. The molecule has 1 aromatic carbocycles. The Hall–Kier alpha value is -2.49. The molecular formula is C21H29N5O3S. The first-order valence-corrected chi connectivity index (χ1v) is 11.8. The van der Waals surface area contributed by atoms with Crippen LogP contribution in [0, 0.1) is 6.92 Å². The number of nitrogens with zero attached hydrogens (tertiary/aromatic N) is 3. The second kappa shape index (κ2) is 10.0. The number of aromatic nitrogens is 1. The summed E-state index contributed by atoms with van der Waals surface area (Å²) >= 11 is 0. The minimum atomic E-state index is -3.10. The summed E-state index contributed by atoms with van der Waals surface area (Å²) in [5, 5.41) is 5.61. The molecule has 162 valence electrons. The van der Waals surface area contributed by atoms with Crippen LogP contribution in [-0.4, -0.2) is 67.1 Å². The molecule has 1 aromatic heterocycles. The van der Waals surface area contributed by atoms with Crippen molar-refractivity contribution in [1.29, 1.82) is 0 Å². The van der Waals surface area contributed by atoms with Gasteiger partial charge in [0.05, 0.1) is 17.6 Å². The average Bonchev–Trinajstić information content (AvgIpc) is 2.74. The maximum atomic E-state index is 12.2. The second-order valence-corrected chi connectivity index (χ2v) is 9.62. The molecule has 1 saturated heterocycles. The number of sulfonamides is 1. The van der Waals surface area contributed by atoms with E-state index in [0.717, 1.165) is 43.0 Å². The maximum absolute atomic E-state index is 12.2. The number of aryl methyl sites for hydroxylation is 1. The highest BCUT2D eigenvalue weighted by atomic mass is 32.2. The molecule has 0 spiro atoms. The average molecular weight is 432 g/mol. The fraction of sp³-hybridized carbons (Fsp3) is 0.429. The van der Waals surface area contributed by atoms with Crippen LogP contribution < -0.4 is 10.6 Å². The van der Waals surface area contributed by atoms with Gasteiger partial charge in [0, 0.05) is 44.1 Å². The third-order valence-corrected chi connectivity index (χ3v) is 7.04. The van der Waals surface area contributed by atoms with Crippen molar-refractivity contribution in [3.63, 3.8) is 0 Å². The lowest BCUT2D eigenvalue weighted by molar-refractivity contribution is 0.190. The standard InChI is InChI=1S/C21H29N5O3S/c1-3-30(28,29)26-13-11-25(12-14-26)10-9-18-5-4-6-19(15-18)23-21(27)24-20-8-7-17(2)22-16-20/h4-8,15-16H,3,9-14H2,1-2H3,(H2,23,24,27). The largest absolute Gasteiger partial charge is 0.323 e. The summed E-state index contributed by atoms with van der Waals surface area (Å²) in [6, 6.07) is 11.1. The highest BCUT2D eigenvalue weighted by molar-refractivity contribution is 7.89. The summed E-state index contributed by atoms with van der Waals surface area (Å²) in [6.45, 7) is 7.00. The lowest BCUT2D eigenvalue weighted by Crippen LogP contribution is -2.49. The molecule has 2 heterocycles. The van der Waals surface area contributed by atoms with Crippen molar-refractivity contribution < 1.29 is 13.2 Å². The third kappa shape index (κ3) is 6.25. The number of carbonyl (C=O) groups excluding carboxylic acids is 1. The Balaban J connectivity index is 1.47. The molecule has 0 bridgehead atoms. The predicted octanol–water partition coefficient (Wildman–Crippen LogP) is 2.54. The number of amides is 2. The van der Waals surface area contributed by atoms with Crippen LogP contribution in [0.5, 0.6) is 0 Å². The zero-order valence-corrected chi connectivity index (χ0v) is 18.3. The van der Waals surface area contributed by atoms with E-state index in [0.29, 0.717) is 18.8 Å². The van der Waals surface area contributed by atoms with E-state index in [1.165, 1.54) is 0 Å². The van der Waals surface area contributed by atoms with E-state index in [-0.39, 0.29) is 11.8 Å². The van der Waals surface area contributed by atoms with E-state index >= 15 is 0 Å². The maximum Gasteiger partial charge on any atom is 0.323 e. The van der Waals surface area contributed by atoms with E-state index in [1.54, 1.807) is 17.4 Å². The lowest BCUT2D eigenvalue weighted by atomic mass is 10.1. The molecule has 30 heavy (non-hydrogen) atoms. The monoisotopic (exact) mass is 431 g/mol. The molecule has 2 aromatic rings. The quantitative estimate of drug-likeness (QED) is 0.703. The number of nitrogens with one attached hydrogen (secondary N) is 2. The zero-order chi connectivity index (χ0) is 21.6. The highest BCUT2D eigenvalue weighted by Crippen LogP contribution is 2.14. The summed E-state index contributed by atoms with van der Waals surface area (Å²) < 4.78 is 25.5. The minimum Gasteiger partial charge on any atom is -0.308 e. The second-order valence-electron chi connectivity index (χ2n) is 7.36. The van der Waals surface area contributed by atoms with Crippen molar-refractivity contribution in [1.82, 2.24) is 14.2 Å². The van der Waals surface area contributed by atoms with Gasteiger partial charge in [-0.3, -0.25) is 4.98 Å². The van der Waals surface area contributed by atoms with Crippen LogP contribution in [0.25, 0.3) is 0 Å². The van der Waals surface area contributed by atoms with Crippen molar-refractivity contribution >= 4 is 27.4 Å². The summed E-state index contributed by atoms with van der Waals surface area (Å²) in [4.78, 5) is 18.6. The lowest BCUT2D eigenvalue weighted by Gasteiger charge is -2.33. The van der Waals surface area contributed by atoms with Crippen molar-refractivity contribution in [2.75, 3.05) is 49.1 Å². The number of anilines is 2. The van der Waals surface area contributed by atoms with Crippen molar-refractivity contribution in [3.05, 3.63) is 53.9 Å². The minimum absolute atomic E-state index is 0.154. The molecule has 0 aliphatic carbocycles. The predicted molar refractivity (Wildman–Crippen MR) is 119 cm³/mol. The third-order valence-electron chi connectivity index (χ3n) is 5.16. The molecule has 2 N–H and O–H groups in total. The van der Waals surface area contributed by atoms with Gasteiger partial charge >= 0.3 is 6.03 Å². The van der Waals surface area contributed by atoms with Gasteiger partial charge in [-0.05, 0) is 50.1 Å². The first-order valence-electron chi connectivity index (χ1n) is 10.2. The summed E-state index contributed by atoms with van der Waals surface area (Å²) in [7, 11) is -3.10. The normalized spacial score (nSPS) is 15.7. The molecule has 0 atom stereocenters. The molecular weight excluding hydrogens is 402 g/mol. The Morgan fingerprint density at radius 1 is 1.07 bits per heavy atom. The molecule has 3 rings (SSSR count). The molecule has 1 aliphatic rings. The smallest absolute Gasteiger partial charge is 0.308 e. The van der Waals surface area contributed by atoms with Gasteiger partial charge in [-0.2, -0.15) is 4.31 Å². The van der Waals surface area contributed by atoms with E-state index in [4.69, 9.17) is 0 Å². The van der Waals surface area contributed by atoms with Crippen LogP contribution in [0.15, 0.2) is 42.6 Å². The van der Waals surface area contributed by atoms with E-state index in [9.17, 15) is 13.2 Å². The first-order chi connectivity index (χ1) is 14.4. The molecule has 0 saturated carbocycles. The Morgan fingerprint density at radius 2 is 1.80 bits per heavy atom. The molecule has 1 fully saturated rings. The Labute approximate surface area is 178 Å². The Morgan fingerprint density at radius 3 is 2.47 bits per heavy atom. The highest BCUT2D eigenvalue weighted by Gasteiger charge is 2.25. The van der Waals surface area contributed by atoms with E-state index in [2.05, 4.69) is 20.5 Å². The van der Waals surface area contributed by atoms with E-state index in [1.807, 2.05) is 43.3 Å². The number of carbonyl (C=O) groups is 1. The number of piperazine rings is 1. The molecule has 0 radical (unpaired) electrons. The van der Waals surface area contributed by atoms with Crippen molar-refractivity contribution in [2.24, 2.45) is 0 Å². The molecule has 2 amide bonds. The van der Waals surface area contributed by atoms with Gasteiger partial charge in [0.25, 0.3) is 0 Å². The fourth-order valence-electron chi connectivity index (χ4n) is 3.34. The van der Waals surface area contributed by atoms with Crippen LogP contribution in [-0.2, 0) is 16.4 Å². The van der Waals surface area contributed by atoms with Crippen LogP contribution >= 0.6 is 0 Å². The van der Waals surface area contributed by atoms with Gasteiger partial charge in [0.2, 0.25) is 10.0 Å². The van der Waals surface area contributed by atoms with Crippen LogP contribution in [0.4, 0.5) is 16.2 Å². The van der Waals surface area contributed by atoms with Gasteiger partial charge < -0.3 is 15.5 Å². The van der Waals surface area contributed by atoms with Gasteiger partial charge in [-0.1, -0.05) is 12.1 Å². The van der Waals surface area contributed by atoms with Gasteiger partial charge in [0.1, 0.15) is 0 Å². The van der Waals surface area contributed by atoms with Gasteiger partial charge in [-0.25, -0.2) is 13.2 Å². The number of hydrogen-bond donors (Lipinski definition) is 2. The van der Waals surface area contributed by atoms with Crippen LogP contribution in [0.2, 0.25) is 0 Å². The first kappa shape index (κ1) is 22.2. The molecule has 0 unspecified atom stereocenters. The van der Waals surface area contributed by atoms with Crippen LogP contribution in [0.1, 0.15) is 18.2 Å². The number of urea groups is 1. The fourth-order valence-corrected chi connectivity index (χ4v) is 4.43. The van der Waals surface area contributed by atoms with Gasteiger partial charge in [0.15, 0.2) is 0 Å². The number of hydrogen-bond acceptors (Lipinski definition) is 5. The SMILES string of the molecule is CCS(=O)(=O)N1CCN(CCc2cccc(NC(=O)Nc3ccc(C)nc3)c2)CC1. The van der Waals surface area contributed by atoms with Crippen molar-refractivity contribution in [2.45, 2.75) is 20.3 Å². The van der Waals surface area contributed by atoms with Crippen LogP contribution in [0.3, 0.4) is 0 Å². The van der Waals surface area contributed by atoms with Gasteiger partial charge in [-0.15, -0.1) is 0 Å². The number of benzene rings is 1. The summed E-state index contributed by atoms with van der Waals surface area (Å²) in [6.07, 6.45) is 2.45. The molecule has 1 aliphatic heterocycles. The summed E-state index contributed by atoms with van der Waals surface area (Å²) in [5.74, 6) is 0.154. The molecule has 9 heteroatoms. The van der Waals surface area contributed by atoms with E-state index < -0.39 is 10.0 Å². The van der Waals surface area contributed by atoms with Crippen molar-refractivity contribution in [3.8, 4) is 0 Å². The summed E-state index contributed by atoms with van der Waals surface area (Å²) in [5.41, 5.74) is 3.37. The Kier molecular flexibility index (Phi) is 7.41. The Bertz CT molecular complexity index is 955. The topological polar surface area (TPSA) is 94.6 Å². The zero-order valence-electron chi connectivity index (χ0n) is 17.5. The number of rotatable bonds is 7. The number of pyridine rings is 1.